The van der Waals surface area contributed by atoms with Crippen LogP contribution in [0.2, 0.25) is 0 Å². The van der Waals surface area contributed by atoms with Gasteiger partial charge in [0.25, 0.3) is 11.1 Å². The Kier molecular flexibility index (Phi) is 8.21. The van der Waals surface area contributed by atoms with Gasteiger partial charge in [0.05, 0.1) is 31.1 Å². The van der Waals surface area contributed by atoms with Crippen molar-refractivity contribution < 1.29 is 0 Å². The van der Waals surface area contributed by atoms with Gasteiger partial charge in [-0.2, -0.15) is 0 Å². The van der Waals surface area contributed by atoms with Gasteiger partial charge in [-0.15, -0.1) is 0 Å². The first-order chi connectivity index (χ1) is 26.3. The van der Waals surface area contributed by atoms with Gasteiger partial charge >= 0.3 is 0 Å². The molecule has 0 saturated carbocycles. The molecule has 264 valence electrons. The molecule has 4 aromatic carbocycles. The molecule has 0 bridgehead atoms. The highest BCUT2D eigenvalue weighted by molar-refractivity contribution is 7.15. The number of aryl methyl sites for hydroxylation is 2. The van der Waals surface area contributed by atoms with Gasteiger partial charge < -0.3 is 9.13 Å². The first-order valence-electron chi connectivity index (χ1n) is 17.6. The van der Waals surface area contributed by atoms with Crippen molar-refractivity contribution in [2.45, 2.75) is 27.7 Å². The molecular formula is C44H34N6O2S2. The van der Waals surface area contributed by atoms with Crippen LogP contribution in [0.15, 0.2) is 131 Å². The molecule has 0 unspecified atom stereocenters. The number of fused-ring (bicyclic) bond motifs is 6. The van der Waals surface area contributed by atoms with E-state index in [1.54, 1.807) is 8.80 Å². The van der Waals surface area contributed by atoms with Gasteiger partial charge in [0.1, 0.15) is 0 Å². The van der Waals surface area contributed by atoms with Crippen molar-refractivity contribution in [2.75, 3.05) is 0 Å². The summed E-state index contributed by atoms with van der Waals surface area (Å²) < 4.78 is 9.26. The number of para-hydroxylation sites is 6. The maximum atomic E-state index is 13.0. The van der Waals surface area contributed by atoms with Crippen LogP contribution in [0, 0.1) is 27.7 Å². The third-order valence-electron chi connectivity index (χ3n) is 9.83. The molecule has 0 atom stereocenters. The van der Waals surface area contributed by atoms with Gasteiger partial charge in [-0.05, 0) is 112 Å². The predicted octanol–water partition coefficient (Wildman–Crippen LogP) is 7.73. The zero-order valence-electron chi connectivity index (χ0n) is 30.0. The number of hydrogen-bond donors (Lipinski definition) is 0. The van der Waals surface area contributed by atoms with E-state index in [1.165, 1.54) is 22.7 Å². The number of rotatable bonds is 4. The van der Waals surface area contributed by atoms with Crippen molar-refractivity contribution in [2.24, 2.45) is 0 Å². The Labute approximate surface area is 317 Å². The number of thiazole rings is 2. The number of hydrogen-bond acceptors (Lipinski definition) is 6. The predicted molar refractivity (Wildman–Crippen MR) is 222 cm³/mol. The molecular weight excluding hydrogens is 709 g/mol. The van der Waals surface area contributed by atoms with Crippen molar-refractivity contribution in [1.29, 1.82) is 0 Å². The SMILES string of the molecule is Cc1cc(/C=c2/sc3nc4ccccc4n3c2=O)c(C)n1-c1ccccc1.Cc1cc(/C=c2/sc3nc4ccccc4n3c2=O)c(C)n1-c1ccccc1. The van der Waals surface area contributed by atoms with Crippen LogP contribution in [0.5, 0.6) is 0 Å². The maximum Gasteiger partial charge on any atom is 0.274 e. The number of aromatic nitrogens is 6. The van der Waals surface area contributed by atoms with Crippen LogP contribution in [-0.2, 0) is 0 Å². The Morgan fingerprint density at radius 1 is 0.500 bits per heavy atom. The largest absolute Gasteiger partial charge is 0.318 e. The van der Waals surface area contributed by atoms with Crippen molar-refractivity contribution in [3.05, 3.63) is 185 Å². The van der Waals surface area contributed by atoms with Gasteiger partial charge in [0, 0.05) is 34.2 Å². The summed E-state index contributed by atoms with van der Waals surface area (Å²) in [6, 6.07) is 40.3. The minimum Gasteiger partial charge on any atom is -0.318 e. The summed E-state index contributed by atoms with van der Waals surface area (Å²) in [5.41, 5.74) is 12.3. The minimum atomic E-state index is -0.00628. The second kappa shape index (κ2) is 13.2. The fourth-order valence-electron chi connectivity index (χ4n) is 7.32. The van der Waals surface area contributed by atoms with Crippen LogP contribution in [-0.4, -0.2) is 27.9 Å². The molecule has 0 amide bonds. The first-order valence-corrected chi connectivity index (χ1v) is 19.2. The third-order valence-corrected chi connectivity index (χ3v) is 11.8. The van der Waals surface area contributed by atoms with E-state index in [0.717, 1.165) is 77.3 Å². The normalized spacial score (nSPS) is 12.4. The smallest absolute Gasteiger partial charge is 0.274 e. The molecule has 6 aromatic heterocycles. The van der Waals surface area contributed by atoms with Gasteiger partial charge in [0.15, 0.2) is 9.92 Å². The van der Waals surface area contributed by atoms with E-state index in [4.69, 9.17) is 0 Å². The number of benzene rings is 4. The Bertz CT molecular complexity index is 3030. The van der Waals surface area contributed by atoms with E-state index in [9.17, 15) is 9.59 Å². The second-order valence-electron chi connectivity index (χ2n) is 13.3. The lowest BCUT2D eigenvalue weighted by molar-refractivity contribution is 0.964. The molecule has 10 heteroatoms. The molecule has 0 spiro atoms. The molecule has 0 fully saturated rings. The van der Waals surface area contributed by atoms with Crippen molar-refractivity contribution in [3.63, 3.8) is 0 Å². The maximum absolute atomic E-state index is 13.0. The zero-order valence-corrected chi connectivity index (χ0v) is 31.7. The van der Waals surface area contributed by atoms with Crippen molar-refractivity contribution in [1.82, 2.24) is 27.9 Å². The Balaban J connectivity index is 0.000000142. The lowest BCUT2D eigenvalue weighted by atomic mass is 10.2. The minimum absolute atomic E-state index is 0.00628. The van der Waals surface area contributed by atoms with E-state index in [0.29, 0.717) is 9.06 Å². The van der Waals surface area contributed by atoms with Gasteiger partial charge in [0.2, 0.25) is 0 Å². The van der Waals surface area contributed by atoms with Crippen molar-refractivity contribution in [3.8, 4) is 11.4 Å². The molecule has 0 aliphatic carbocycles. The van der Waals surface area contributed by atoms with E-state index in [-0.39, 0.29) is 11.1 Å². The Morgan fingerprint density at radius 2 is 0.870 bits per heavy atom. The van der Waals surface area contributed by atoms with Gasteiger partial charge in [-0.25, -0.2) is 18.8 Å². The number of imidazole rings is 2. The lowest BCUT2D eigenvalue weighted by Gasteiger charge is -2.08. The highest BCUT2D eigenvalue weighted by Crippen LogP contribution is 2.23. The molecule has 10 rings (SSSR count). The summed E-state index contributed by atoms with van der Waals surface area (Å²) in [4.78, 5) is 36.6. The van der Waals surface area contributed by atoms with Crippen LogP contribution in [0.4, 0.5) is 0 Å². The summed E-state index contributed by atoms with van der Waals surface area (Å²) >= 11 is 2.88. The van der Waals surface area contributed by atoms with Crippen LogP contribution in [0.1, 0.15) is 33.9 Å². The van der Waals surface area contributed by atoms with Crippen LogP contribution >= 0.6 is 22.7 Å². The van der Waals surface area contributed by atoms with Gasteiger partial charge in [-0.1, -0.05) is 83.3 Å². The number of nitrogens with zero attached hydrogens (tertiary/aromatic N) is 6. The molecule has 0 N–H and O–H groups in total. The van der Waals surface area contributed by atoms with Crippen LogP contribution in [0.3, 0.4) is 0 Å². The molecule has 0 radical (unpaired) electrons. The lowest BCUT2D eigenvalue weighted by Crippen LogP contribution is -2.22. The Morgan fingerprint density at radius 3 is 1.28 bits per heavy atom. The third kappa shape index (κ3) is 5.58. The average molecular weight is 743 g/mol. The van der Waals surface area contributed by atoms with E-state index >= 15 is 0 Å². The summed E-state index contributed by atoms with van der Waals surface area (Å²) in [5.74, 6) is 0. The molecule has 6 heterocycles. The standard InChI is InChI=1S/2C22H17N3OS/c2*1-14-12-16(15(2)24(14)17-8-4-3-5-9-17)13-20-21(26)25-19-11-7-6-10-18(19)23-22(25)27-20/h2*3-13H,1-2H3/b2*20-13+. The monoisotopic (exact) mass is 742 g/mol. The summed E-state index contributed by atoms with van der Waals surface area (Å²) in [7, 11) is 0. The highest BCUT2D eigenvalue weighted by atomic mass is 32.1. The molecule has 0 saturated heterocycles. The van der Waals surface area contributed by atoms with Crippen molar-refractivity contribution >= 4 is 66.8 Å². The summed E-state index contributed by atoms with van der Waals surface area (Å²) in [5, 5.41) is 0. The fraction of sp³-hybridized carbons (Fsp3) is 0.0909. The molecule has 0 aliphatic rings. The summed E-state index contributed by atoms with van der Waals surface area (Å²) in [6.45, 7) is 8.35. The molecule has 0 aliphatic heterocycles. The highest BCUT2D eigenvalue weighted by Gasteiger charge is 2.15. The van der Waals surface area contributed by atoms with Crippen LogP contribution in [0.25, 0.3) is 55.5 Å². The van der Waals surface area contributed by atoms with E-state index < -0.39 is 0 Å². The van der Waals surface area contributed by atoms with Crippen LogP contribution < -0.4 is 20.2 Å². The van der Waals surface area contributed by atoms with Gasteiger partial charge in [-0.3, -0.25) is 9.59 Å². The molecule has 54 heavy (non-hydrogen) atoms. The second-order valence-corrected chi connectivity index (χ2v) is 15.3. The molecule has 10 aromatic rings. The fourth-order valence-corrected chi connectivity index (χ4v) is 9.28. The van der Waals surface area contributed by atoms with E-state index in [1.807, 2.05) is 97.1 Å². The zero-order chi connectivity index (χ0) is 37.1. The Hall–Kier alpha value is -6.36. The topological polar surface area (TPSA) is 78.6 Å². The molecule has 8 nitrogen and oxygen atoms in total. The summed E-state index contributed by atoms with van der Waals surface area (Å²) in [6.07, 6.45) is 3.97. The van der Waals surface area contributed by atoms with E-state index in [2.05, 4.69) is 83.2 Å². The average Bonchev–Trinajstić information content (AvgIpc) is 4.00. The quantitative estimate of drug-likeness (QED) is 0.185. The first kappa shape index (κ1) is 33.5.